The number of para-hydroxylation sites is 1. The van der Waals surface area contributed by atoms with Gasteiger partial charge in [-0.1, -0.05) is 18.2 Å². The molecule has 2 N–H and O–H groups in total. The summed E-state index contributed by atoms with van der Waals surface area (Å²) in [5.74, 6) is 0.287. The van der Waals surface area contributed by atoms with Crippen LogP contribution >= 0.6 is 0 Å². The van der Waals surface area contributed by atoms with Gasteiger partial charge in [0.25, 0.3) is 11.6 Å². The number of nitro benzene ring substituents is 1. The number of carbonyl (C=O) groups is 2. The lowest BCUT2D eigenvalue weighted by Crippen LogP contribution is -2.34. The number of ether oxygens (including phenoxy) is 1. The summed E-state index contributed by atoms with van der Waals surface area (Å²) in [4.78, 5) is 34.4. The molecule has 2 aromatic carbocycles. The van der Waals surface area contributed by atoms with Gasteiger partial charge in [-0.15, -0.1) is 0 Å². The van der Waals surface area contributed by atoms with Gasteiger partial charge in [-0.25, -0.2) is 0 Å². The second kappa shape index (κ2) is 9.09. The van der Waals surface area contributed by atoms with Crippen LogP contribution in [-0.2, 0) is 0 Å². The summed E-state index contributed by atoms with van der Waals surface area (Å²) in [6.07, 6.45) is 1.06. The van der Waals surface area contributed by atoms with Crippen LogP contribution in [0.25, 0.3) is 0 Å². The van der Waals surface area contributed by atoms with Crippen molar-refractivity contribution in [2.75, 3.05) is 19.6 Å². The van der Waals surface area contributed by atoms with Crippen LogP contribution in [0.1, 0.15) is 33.6 Å². The predicted octanol–water partition coefficient (Wildman–Crippen LogP) is 2.34. The molecule has 1 amide bonds. The standard InChI is InChI=1S/C20H21N3O5/c24-19-16-8-1-2-9-17(16)28-18(19)13-21-10-3-4-11-22-20(25)14-6-5-7-15(12-14)23(26)27/h1-2,5-9,12,18,21H,3-4,10-11,13H2,(H,22,25). The fraction of sp³-hybridized carbons (Fsp3) is 0.300. The lowest BCUT2D eigenvalue weighted by atomic mass is 10.1. The third kappa shape index (κ3) is 4.72. The van der Waals surface area contributed by atoms with Crippen LogP contribution in [-0.4, -0.2) is 42.4 Å². The molecule has 0 spiro atoms. The Morgan fingerprint density at radius 1 is 1.11 bits per heavy atom. The summed E-state index contributed by atoms with van der Waals surface area (Å²) in [5.41, 5.74) is 0.782. The third-order valence-electron chi connectivity index (χ3n) is 4.43. The minimum atomic E-state index is -0.528. The molecule has 28 heavy (non-hydrogen) atoms. The number of unbranched alkanes of at least 4 members (excludes halogenated alkanes) is 1. The van der Waals surface area contributed by atoms with E-state index in [4.69, 9.17) is 4.74 Å². The maximum atomic E-state index is 12.2. The van der Waals surface area contributed by atoms with E-state index in [1.54, 1.807) is 18.2 Å². The van der Waals surface area contributed by atoms with Crippen molar-refractivity contribution < 1.29 is 19.2 Å². The molecule has 8 heteroatoms. The molecule has 146 valence electrons. The molecule has 1 heterocycles. The van der Waals surface area contributed by atoms with Crippen molar-refractivity contribution >= 4 is 17.4 Å². The van der Waals surface area contributed by atoms with Crippen LogP contribution in [0.3, 0.4) is 0 Å². The topological polar surface area (TPSA) is 111 Å². The zero-order valence-electron chi connectivity index (χ0n) is 15.2. The minimum absolute atomic E-state index is 0.00711. The molecule has 0 bridgehead atoms. The van der Waals surface area contributed by atoms with Crippen LogP contribution in [0.5, 0.6) is 5.75 Å². The van der Waals surface area contributed by atoms with E-state index in [0.29, 0.717) is 30.9 Å². The Bertz CT molecular complexity index is 884. The number of non-ortho nitro benzene ring substituents is 1. The molecular formula is C20H21N3O5. The first-order valence-electron chi connectivity index (χ1n) is 9.09. The highest BCUT2D eigenvalue weighted by atomic mass is 16.6. The number of nitro groups is 1. The smallest absolute Gasteiger partial charge is 0.270 e. The minimum Gasteiger partial charge on any atom is -0.480 e. The molecule has 0 saturated heterocycles. The van der Waals surface area contributed by atoms with Gasteiger partial charge in [0.15, 0.2) is 6.10 Å². The lowest BCUT2D eigenvalue weighted by molar-refractivity contribution is -0.384. The quantitative estimate of drug-likeness (QED) is 0.391. The number of nitrogens with one attached hydrogen (secondary N) is 2. The van der Waals surface area contributed by atoms with Gasteiger partial charge in [-0.2, -0.15) is 0 Å². The zero-order chi connectivity index (χ0) is 19.9. The van der Waals surface area contributed by atoms with E-state index in [0.717, 1.165) is 12.8 Å². The van der Waals surface area contributed by atoms with E-state index >= 15 is 0 Å². The van der Waals surface area contributed by atoms with Gasteiger partial charge >= 0.3 is 0 Å². The fourth-order valence-corrected chi connectivity index (χ4v) is 2.96. The van der Waals surface area contributed by atoms with E-state index in [1.165, 1.54) is 18.2 Å². The van der Waals surface area contributed by atoms with E-state index in [-0.39, 0.29) is 22.9 Å². The van der Waals surface area contributed by atoms with Gasteiger partial charge in [0.05, 0.1) is 10.5 Å². The Labute approximate surface area is 162 Å². The average molecular weight is 383 g/mol. The number of hydrogen-bond donors (Lipinski definition) is 2. The molecule has 0 saturated carbocycles. The highest BCUT2D eigenvalue weighted by Crippen LogP contribution is 2.27. The van der Waals surface area contributed by atoms with Gasteiger partial charge < -0.3 is 15.4 Å². The van der Waals surface area contributed by atoms with E-state index < -0.39 is 11.0 Å². The van der Waals surface area contributed by atoms with Gasteiger partial charge in [0.2, 0.25) is 5.78 Å². The summed E-state index contributed by atoms with van der Waals surface area (Å²) in [5, 5.41) is 16.7. The number of ketones is 1. The van der Waals surface area contributed by atoms with E-state index in [9.17, 15) is 19.7 Å². The van der Waals surface area contributed by atoms with Crippen LogP contribution < -0.4 is 15.4 Å². The zero-order valence-corrected chi connectivity index (χ0v) is 15.2. The van der Waals surface area contributed by atoms with Crippen LogP contribution in [0.4, 0.5) is 5.69 Å². The molecule has 0 aliphatic carbocycles. The monoisotopic (exact) mass is 383 g/mol. The van der Waals surface area contributed by atoms with Gasteiger partial charge in [-0.05, 0) is 37.6 Å². The maximum absolute atomic E-state index is 12.2. The number of benzene rings is 2. The Balaban J connectivity index is 1.31. The molecule has 3 rings (SSSR count). The van der Waals surface area contributed by atoms with Crippen molar-refractivity contribution in [3.8, 4) is 5.75 Å². The van der Waals surface area contributed by atoms with Crippen LogP contribution in [0, 0.1) is 10.1 Å². The van der Waals surface area contributed by atoms with E-state index in [1.807, 2.05) is 12.1 Å². The first-order valence-corrected chi connectivity index (χ1v) is 9.09. The molecule has 2 aromatic rings. The Morgan fingerprint density at radius 3 is 2.68 bits per heavy atom. The lowest BCUT2D eigenvalue weighted by Gasteiger charge is -2.11. The second-order valence-corrected chi connectivity index (χ2v) is 6.44. The van der Waals surface area contributed by atoms with Crippen LogP contribution in [0.2, 0.25) is 0 Å². The predicted molar refractivity (Wildman–Crippen MR) is 103 cm³/mol. The van der Waals surface area contributed by atoms with Gasteiger partial charge in [0, 0.05) is 30.8 Å². The largest absolute Gasteiger partial charge is 0.480 e. The molecule has 0 radical (unpaired) electrons. The Morgan fingerprint density at radius 2 is 1.89 bits per heavy atom. The van der Waals surface area contributed by atoms with Gasteiger partial charge in [0.1, 0.15) is 5.75 Å². The highest BCUT2D eigenvalue weighted by molar-refractivity contribution is 6.04. The van der Waals surface area contributed by atoms with Crippen molar-refractivity contribution in [1.82, 2.24) is 10.6 Å². The number of Topliss-reactive ketones (excluding diaryl/α,β-unsaturated/α-hetero) is 1. The second-order valence-electron chi connectivity index (χ2n) is 6.44. The number of amides is 1. The number of fused-ring (bicyclic) bond motifs is 1. The van der Waals surface area contributed by atoms with E-state index in [2.05, 4.69) is 10.6 Å². The number of nitrogens with zero attached hydrogens (tertiary/aromatic N) is 1. The molecule has 1 aliphatic heterocycles. The Hall–Kier alpha value is -3.26. The number of hydrogen-bond acceptors (Lipinski definition) is 6. The maximum Gasteiger partial charge on any atom is 0.270 e. The molecule has 1 aliphatic rings. The van der Waals surface area contributed by atoms with Crippen molar-refractivity contribution in [3.63, 3.8) is 0 Å². The fourth-order valence-electron chi connectivity index (χ4n) is 2.96. The van der Waals surface area contributed by atoms with Crippen LogP contribution in [0.15, 0.2) is 48.5 Å². The van der Waals surface area contributed by atoms with Crippen molar-refractivity contribution in [3.05, 3.63) is 69.8 Å². The average Bonchev–Trinajstić information content (AvgIpc) is 3.03. The third-order valence-corrected chi connectivity index (χ3v) is 4.43. The first-order chi connectivity index (χ1) is 13.6. The number of carbonyl (C=O) groups excluding carboxylic acids is 2. The normalized spacial score (nSPS) is 15.0. The molecule has 0 aromatic heterocycles. The molecule has 0 fully saturated rings. The molecule has 1 unspecified atom stereocenters. The molecular weight excluding hydrogens is 362 g/mol. The van der Waals surface area contributed by atoms with Crippen molar-refractivity contribution in [2.24, 2.45) is 0 Å². The van der Waals surface area contributed by atoms with Crippen molar-refractivity contribution in [1.29, 1.82) is 0 Å². The first kappa shape index (κ1) is 19.5. The summed E-state index contributed by atoms with van der Waals surface area (Å²) in [6.45, 7) is 1.59. The van der Waals surface area contributed by atoms with Crippen molar-refractivity contribution in [2.45, 2.75) is 18.9 Å². The summed E-state index contributed by atoms with van der Waals surface area (Å²) in [7, 11) is 0. The molecule has 8 nitrogen and oxygen atoms in total. The summed E-state index contributed by atoms with van der Waals surface area (Å²) >= 11 is 0. The SMILES string of the molecule is O=C(NCCCCNCC1Oc2ccccc2C1=O)c1cccc([N+](=O)[O-])c1. The Kier molecular flexibility index (Phi) is 6.33. The molecule has 1 atom stereocenters. The highest BCUT2D eigenvalue weighted by Gasteiger charge is 2.31. The van der Waals surface area contributed by atoms with Gasteiger partial charge in [-0.3, -0.25) is 19.7 Å². The summed E-state index contributed by atoms with van der Waals surface area (Å²) < 4.78 is 5.64. The number of rotatable bonds is 9. The summed E-state index contributed by atoms with van der Waals surface area (Å²) in [6, 6.07) is 12.8.